The van der Waals surface area contributed by atoms with Gasteiger partial charge in [-0.05, 0) is 42.5 Å². The summed E-state index contributed by atoms with van der Waals surface area (Å²) in [5.41, 5.74) is 0.732. The molecule has 1 aromatic heterocycles. The van der Waals surface area contributed by atoms with Crippen LogP contribution in [0.2, 0.25) is 5.02 Å². The van der Waals surface area contributed by atoms with Gasteiger partial charge in [-0.15, -0.1) is 0 Å². The Morgan fingerprint density at radius 2 is 2.00 bits per heavy atom. The van der Waals surface area contributed by atoms with E-state index >= 15 is 0 Å². The van der Waals surface area contributed by atoms with Gasteiger partial charge in [-0.3, -0.25) is 4.79 Å². The maximum atomic E-state index is 12.4. The summed E-state index contributed by atoms with van der Waals surface area (Å²) in [6, 6.07) is 15.9. The first-order valence-electron chi connectivity index (χ1n) is 8.61. The molecule has 2 N–H and O–H groups in total. The molecule has 0 saturated carbocycles. The third kappa shape index (κ3) is 4.69. The Morgan fingerprint density at radius 3 is 2.70 bits per heavy atom. The average molecular weight is 423 g/mol. The van der Waals surface area contributed by atoms with E-state index in [4.69, 9.17) is 25.9 Å². The standard InChI is InChI=1S/C22H15ClN2O5/c1-29-16-4-2-3-15(11-16)25-21(26)14(12-24)9-17-6-8-20(30-17)18-10-13(22(27)28)5-7-19(18)23/h2-11H,1H3,(H,25,26)(H,27,28)/b14-9-. The molecular formula is C22H15ClN2O5. The third-order valence-corrected chi connectivity index (χ3v) is 4.41. The van der Waals surface area contributed by atoms with Crippen LogP contribution in [0.25, 0.3) is 17.4 Å². The number of nitrogens with zero attached hydrogens (tertiary/aromatic N) is 1. The van der Waals surface area contributed by atoms with Crippen LogP contribution in [0, 0.1) is 11.3 Å². The van der Waals surface area contributed by atoms with Gasteiger partial charge in [-0.25, -0.2) is 4.79 Å². The molecule has 30 heavy (non-hydrogen) atoms. The highest BCUT2D eigenvalue weighted by atomic mass is 35.5. The Bertz CT molecular complexity index is 1190. The molecular weight excluding hydrogens is 408 g/mol. The van der Waals surface area contributed by atoms with Gasteiger partial charge in [0.1, 0.15) is 28.9 Å². The van der Waals surface area contributed by atoms with Gasteiger partial charge in [0.15, 0.2) is 0 Å². The quantitative estimate of drug-likeness (QED) is 0.433. The van der Waals surface area contributed by atoms with Crippen molar-refractivity contribution in [3.8, 4) is 23.1 Å². The Hall–Kier alpha value is -4.02. The van der Waals surface area contributed by atoms with Gasteiger partial charge >= 0.3 is 5.97 Å². The fourth-order valence-corrected chi connectivity index (χ4v) is 2.82. The number of amides is 1. The Morgan fingerprint density at radius 1 is 1.20 bits per heavy atom. The summed E-state index contributed by atoms with van der Waals surface area (Å²) in [6.45, 7) is 0. The molecule has 0 bridgehead atoms. The third-order valence-electron chi connectivity index (χ3n) is 4.08. The minimum absolute atomic E-state index is 0.0540. The first-order chi connectivity index (χ1) is 14.4. The van der Waals surface area contributed by atoms with Gasteiger partial charge in [0, 0.05) is 23.4 Å². The second kappa shape index (κ2) is 8.99. The van der Waals surface area contributed by atoms with Gasteiger partial charge in [-0.1, -0.05) is 17.7 Å². The number of ether oxygens (including phenoxy) is 1. The van der Waals surface area contributed by atoms with Gasteiger partial charge in [0.2, 0.25) is 0 Å². The van der Waals surface area contributed by atoms with E-state index < -0.39 is 11.9 Å². The van der Waals surface area contributed by atoms with Crippen LogP contribution in [0.5, 0.6) is 5.75 Å². The van der Waals surface area contributed by atoms with E-state index in [0.29, 0.717) is 27.8 Å². The number of halogens is 1. The number of benzene rings is 2. The molecule has 0 atom stereocenters. The number of carboxylic acid groups (broad SMARTS) is 1. The number of nitriles is 1. The number of hydrogen-bond acceptors (Lipinski definition) is 5. The number of furan rings is 1. The van der Waals surface area contributed by atoms with Crippen molar-refractivity contribution in [1.29, 1.82) is 5.26 Å². The van der Waals surface area contributed by atoms with Crippen LogP contribution in [0.15, 0.2) is 64.6 Å². The number of carbonyl (C=O) groups is 2. The molecule has 0 spiro atoms. The van der Waals surface area contributed by atoms with Crippen LogP contribution in [0.3, 0.4) is 0 Å². The first-order valence-corrected chi connectivity index (χ1v) is 8.99. The van der Waals surface area contributed by atoms with Gasteiger partial charge in [-0.2, -0.15) is 5.26 Å². The van der Waals surface area contributed by atoms with E-state index in [2.05, 4.69) is 5.32 Å². The zero-order valence-electron chi connectivity index (χ0n) is 15.7. The largest absolute Gasteiger partial charge is 0.497 e. The number of nitrogens with one attached hydrogen (secondary N) is 1. The molecule has 0 aliphatic heterocycles. The summed E-state index contributed by atoms with van der Waals surface area (Å²) in [5.74, 6) is -0.611. The fraction of sp³-hybridized carbons (Fsp3) is 0.0455. The van der Waals surface area contributed by atoms with E-state index in [0.717, 1.165) is 0 Å². The van der Waals surface area contributed by atoms with Crippen LogP contribution < -0.4 is 10.1 Å². The Labute approximate surface area is 176 Å². The van der Waals surface area contributed by atoms with Crippen molar-refractivity contribution >= 4 is 35.2 Å². The molecule has 0 radical (unpaired) electrons. The zero-order chi connectivity index (χ0) is 21.7. The maximum Gasteiger partial charge on any atom is 0.335 e. The molecule has 3 rings (SSSR count). The predicted molar refractivity (Wildman–Crippen MR) is 111 cm³/mol. The van der Waals surface area contributed by atoms with Gasteiger partial charge < -0.3 is 19.6 Å². The molecule has 8 heteroatoms. The number of methoxy groups -OCH3 is 1. The van der Waals surface area contributed by atoms with Crippen molar-refractivity contribution in [2.75, 3.05) is 12.4 Å². The summed E-state index contributed by atoms with van der Waals surface area (Å²) in [7, 11) is 1.51. The van der Waals surface area contributed by atoms with Crippen molar-refractivity contribution in [3.63, 3.8) is 0 Å². The molecule has 0 unspecified atom stereocenters. The highest BCUT2D eigenvalue weighted by Crippen LogP contribution is 2.31. The SMILES string of the molecule is COc1cccc(NC(=O)/C(C#N)=C\c2ccc(-c3cc(C(=O)O)ccc3Cl)o2)c1. The first kappa shape index (κ1) is 20.7. The van der Waals surface area contributed by atoms with Crippen molar-refractivity contribution < 1.29 is 23.8 Å². The number of anilines is 1. The minimum Gasteiger partial charge on any atom is -0.497 e. The summed E-state index contributed by atoms with van der Waals surface area (Å²) in [4.78, 5) is 23.6. The van der Waals surface area contributed by atoms with E-state index in [1.165, 1.54) is 31.4 Å². The van der Waals surface area contributed by atoms with E-state index in [-0.39, 0.29) is 16.9 Å². The number of aromatic carboxylic acids is 1. The lowest BCUT2D eigenvalue weighted by Gasteiger charge is -2.06. The molecule has 1 heterocycles. The molecule has 0 fully saturated rings. The van der Waals surface area contributed by atoms with E-state index in [1.807, 2.05) is 6.07 Å². The zero-order valence-corrected chi connectivity index (χ0v) is 16.4. The number of rotatable bonds is 6. The summed E-state index contributed by atoms with van der Waals surface area (Å²) >= 11 is 6.15. The van der Waals surface area contributed by atoms with Crippen molar-refractivity contribution in [3.05, 3.63) is 76.5 Å². The van der Waals surface area contributed by atoms with Crippen LogP contribution >= 0.6 is 11.6 Å². The van der Waals surface area contributed by atoms with Gasteiger partial charge in [0.25, 0.3) is 5.91 Å². The summed E-state index contributed by atoms with van der Waals surface area (Å²) < 4.78 is 10.8. The second-order valence-corrected chi connectivity index (χ2v) is 6.46. The minimum atomic E-state index is -1.10. The lowest BCUT2D eigenvalue weighted by atomic mass is 10.1. The van der Waals surface area contributed by atoms with E-state index in [1.54, 1.807) is 36.4 Å². The number of carbonyl (C=O) groups excluding carboxylic acids is 1. The summed E-state index contributed by atoms with van der Waals surface area (Å²) in [6.07, 6.45) is 1.29. The van der Waals surface area contributed by atoms with Crippen LogP contribution in [0.1, 0.15) is 16.1 Å². The maximum absolute atomic E-state index is 12.4. The molecule has 0 aliphatic rings. The molecule has 1 amide bonds. The summed E-state index contributed by atoms with van der Waals surface area (Å²) in [5, 5.41) is 21.4. The van der Waals surface area contributed by atoms with Crippen LogP contribution in [-0.2, 0) is 4.79 Å². The molecule has 150 valence electrons. The van der Waals surface area contributed by atoms with Gasteiger partial charge in [0.05, 0.1) is 17.7 Å². The lowest BCUT2D eigenvalue weighted by Crippen LogP contribution is -2.13. The fourth-order valence-electron chi connectivity index (χ4n) is 2.61. The lowest BCUT2D eigenvalue weighted by molar-refractivity contribution is -0.112. The smallest absolute Gasteiger partial charge is 0.335 e. The van der Waals surface area contributed by atoms with Crippen molar-refractivity contribution in [2.45, 2.75) is 0 Å². The molecule has 2 aromatic carbocycles. The highest BCUT2D eigenvalue weighted by Gasteiger charge is 2.14. The average Bonchev–Trinajstić information content (AvgIpc) is 3.20. The predicted octanol–water partition coefficient (Wildman–Crippen LogP) is 4.85. The topological polar surface area (TPSA) is 113 Å². The second-order valence-electron chi connectivity index (χ2n) is 6.06. The monoisotopic (exact) mass is 422 g/mol. The van der Waals surface area contributed by atoms with Crippen LogP contribution in [-0.4, -0.2) is 24.1 Å². The number of hydrogen-bond donors (Lipinski definition) is 2. The molecule has 0 saturated heterocycles. The Balaban J connectivity index is 1.85. The normalized spacial score (nSPS) is 10.9. The van der Waals surface area contributed by atoms with E-state index in [9.17, 15) is 14.9 Å². The Kier molecular flexibility index (Phi) is 6.20. The highest BCUT2D eigenvalue weighted by molar-refractivity contribution is 6.33. The number of carboxylic acids is 1. The molecule has 3 aromatic rings. The van der Waals surface area contributed by atoms with Crippen LogP contribution in [0.4, 0.5) is 5.69 Å². The van der Waals surface area contributed by atoms with Crippen molar-refractivity contribution in [2.24, 2.45) is 0 Å². The molecule has 7 nitrogen and oxygen atoms in total. The van der Waals surface area contributed by atoms with Crippen molar-refractivity contribution in [1.82, 2.24) is 0 Å². The molecule has 0 aliphatic carbocycles.